The van der Waals surface area contributed by atoms with Crippen LogP contribution in [0.15, 0.2) is 42.6 Å². The summed E-state index contributed by atoms with van der Waals surface area (Å²) in [6, 6.07) is 10.0. The number of nitrogens with zero attached hydrogens (tertiary/aromatic N) is 3. The standard InChI is InChI=1S/C19H13ClFN3O2S/c1-10-14(13-8-3-4-9-24(13)23-10)18-22-16(17(27-18)19(25)26-2)15-11(20)6-5-7-12(15)21/h3-9H,1-2H3. The first-order chi connectivity index (χ1) is 13.0. The Bertz CT molecular complexity index is 1160. The number of benzene rings is 1. The molecule has 0 saturated heterocycles. The predicted molar refractivity (Wildman–Crippen MR) is 103 cm³/mol. The highest BCUT2D eigenvalue weighted by molar-refractivity contribution is 7.17. The molecule has 0 spiro atoms. The van der Waals surface area contributed by atoms with Crippen LogP contribution in [0, 0.1) is 12.7 Å². The third-order valence-electron chi connectivity index (χ3n) is 4.13. The summed E-state index contributed by atoms with van der Waals surface area (Å²) in [5, 5.41) is 5.19. The highest BCUT2D eigenvalue weighted by Crippen LogP contribution is 2.40. The maximum absolute atomic E-state index is 14.5. The van der Waals surface area contributed by atoms with Gasteiger partial charge in [0, 0.05) is 6.20 Å². The van der Waals surface area contributed by atoms with Gasteiger partial charge in [-0.05, 0) is 31.2 Å². The number of hydrogen-bond donors (Lipinski definition) is 0. The van der Waals surface area contributed by atoms with Crippen molar-refractivity contribution >= 4 is 34.4 Å². The van der Waals surface area contributed by atoms with Crippen LogP contribution < -0.4 is 0 Å². The molecule has 0 saturated carbocycles. The molecule has 5 nitrogen and oxygen atoms in total. The first kappa shape index (κ1) is 17.6. The lowest BCUT2D eigenvalue weighted by Gasteiger charge is -2.04. The van der Waals surface area contributed by atoms with Crippen molar-refractivity contribution in [3.63, 3.8) is 0 Å². The van der Waals surface area contributed by atoms with Crippen molar-refractivity contribution in [1.29, 1.82) is 0 Å². The Morgan fingerprint density at radius 2 is 2.04 bits per heavy atom. The van der Waals surface area contributed by atoms with E-state index >= 15 is 0 Å². The number of carbonyl (C=O) groups is 1. The summed E-state index contributed by atoms with van der Waals surface area (Å²) in [7, 11) is 1.27. The first-order valence-corrected chi connectivity index (χ1v) is 9.18. The molecule has 0 unspecified atom stereocenters. The lowest BCUT2D eigenvalue weighted by Crippen LogP contribution is -2.01. The molecule has 0 amide bonds. The molecule has 27 heavy (non-hydrogen) atoms. The maximum Gasteiger partial charge on any atom is 0.350 e. The topological polar surface area (TPSA) is 56.5 Å². The van der Waals surface area contributed by atoms with Gasteiger partial charge in [-0.2, -0.15) is 5.10 Å². The minimum atomic E-state index is -0.595. The van der Waals surface area contributed by atoms with E-state index in [-0.39, 0.29) is 21.2 Å². The molecule has 136 valence electrons. The molecule has 1 aromatic carbocycles. The van der Waals surface area contributed by atoms with Crippen LogP contribution in [0.2, 0.25) is 5.02 Å². The number of fused-ring (bicyclic) bond motifs is 1. The Hall–Kier alpha value is -2.77. The number of ether oxygens (including phenoxy) is 1. The van der Waals surface area contributed by atoms with Gasteiger partial charge in [0.1, 0.15) is 21.4 Å². The van der Waals surface area contributed by atoms with E-state index in [1.165, 1.54) is 19.2 Å². The summed E-state index contributed by atoms with van der Waals surface area (Å²) in [6.07, 6.45) is 1.83. The predicted octanol–water partition coefficient (Wildman–Crippen LogP) is 5.01. The molecule has 0 radical (unpaired) electrons. The van der Waals surface area contributed by atoms with Crippen LogP contribution in [0.1, 0.15) is 15.4 Å². The maximum atomic E-state index is 14.5. The molecule has 8 heteroatoms. The molecule has 0 aliphatic rings. The van der Waals surface area contributed by atoms with E-state index in [4.69, 9.17) is 16.3 Å². The summed E-state index contributed by atoms with van der Waals surface area (Å²) >= 11 is 7.33. The molecular formula is C19H13ClFN3O2S. The quantitative estimate of drug-likeness (QED) is 0.453. The Balaban J connectivity index is 2.01. The van der Waals surface area contributed by atoms with Gasteiger partial charge >= 0.3 is 5.97 Å². The molecular weight excluding hydrogens is 389 g/mol. The van der Waals surface area contributed by atoms with Crippen LogP contribution in [0.3, 0.4) is 0 Å². The average Bonchev–Trinajstić information content (AvgIpc) is 3.21. The van der Waals surface area contributed by atoms with Gasteiger partial charge in [0.2, 0.25) is 0 Å². The highest BCUT2D eigenvalue weighted by atomic mass is 35.5. The number of rotatable bonds is 3. The van der Waals surface area contributed by atoms with Crippen LogP contribution >= 0.6 is 22.9 Å². The molecule has 3 heterocycles. The van der Waals surface area contributed by atoms with E-state index < -0.39 is 11.8 Å². The summed E-state index contributed by atoms with van der Waals surface area (Å²) in [4.78, 5) is 17.1. The molecule has 0 aliphatic heterocycles. The summed E-state index contributed by atoms with van der Waals surface area (Å²) < 4.78 is 21.1. The lowest BCUT2D eigenvalue weighted by atomic mass is 10.1. The number of methoxy groups -OCH3 is 1. The fraction of sp³-hybridized carbons (Fsp3) is 0.105. The fourth-order valence-electron chi connectivity index (χ4n) is 2.93. The Kier molecular flexibility index (Phi) is 4.41. The number of thiazole rings is 1. The third-order valence-corrected chi connectivity index (χ3v) is 5.49. The van der Waals surface area contributed by atoms with Crippen molar-refractivity contribution in [2.45, 2.75) is 6.92 Å². The van der Waals surface area contributed by atoms with Crippen molar-refractivity contribution in [2.75, 3.05) is 7.11 Å². The van der Waals surface area contributed by atoms with Gasteiger partial charge in [0.05, 0.1) is 34.5 Å². The van der Waals surface area contributed by atoms with E-state index in [0.29, 0.717) is 5.01 Å². The van der Waals surface area contributed by atoms with E-state index in [1.807, 2.05) is 31.3 Å². The van der Waals surface area contributed by atoms with Crippen molar-refractivity contribution in [2.24, 2.45) is 0 Å². The van der Waals surface area contributed by atoms with Crippen LogP contribution in [-0.2, 0) is 4.74 Å². The van der Waals surface area contributed by atoms with E-state index in [0.717, 1.165) is 28.1 Å². The largest absolute Gasteiger partial charge is 0.465 e. The molecule has 4 rings (SSSR count). The number of pyridine rings is 1. The number of carbonyl (C=O) groups excluding carboxylic acids is 1. The van der Waals surface area contributed by atoms with E-state index in [1.54, 1.807) is 10.6 Å². The second-order valence-corrected chi connectivity index (χ2v) is 7.18. The summed E-state index contributed by atoms with van der Waals surface area (Å²) in [6.45, 7) is 1.86. The molecule has 4 aromatic rings. The number of aryl methyl sites for hydroxylation is 1. The SMILES string of the molecule is COC(=O)c1sc(-c2c(C)nn3ccccc23)nc1-c1c(F)cccc1Cl. The lowest BCUT2D eigenvalue weighted by molar-refractivity contribution is 0.0607. The first-order valence-electron chi connectivity index (χ1n) is 7.99. The molecule has 0 bridgehead atoms. The van der Waals surface area contributed by atoms with Crippen molar-refractivity contribution in [3.8, 4) is 21.8 Å². The summed E-state index contributed by atoms with van der Waals surface area (Å²) in [5.74, 6) is -1.15. The number of halogens is 2. The molecule has 0 atom stereocenters. The van der Waals surface area contributed by atoms with Crippen LogP contribution in [-0.4, -0.2) is 27.7 Å². The Morgan fingerprint density at radius 3 is 2.78 bits per heavy atom. The second-order valence-electron chi connectivity index (χ2n) is 5.78. The Labute approximate surface area is 163 Å². The van der Waals surface area contributed by atoms with Crippen LogP contribution in [0.5, 0.6) is 0 Å². The molecule has 3 aromatic heterocycles. The van der Waals surface area contributed by atoms with Gasteiger partial charge in [-0.1, -0.05) is 23.7 Å². The van der Waals surface area contributed by atoms with Gasteiger partial charge in [0.25, 0.3) is 0 Å². The zero-order chi connectivity index (χ0) is 19.1. The fourth-order valence-corrected chi connectivity index (χ4v) is 4.28. The Morgan fingerprint density at radius 1 is 1.22 bits per heavy atom. The smallest absolute Gasteiger partial charge is 0.350 e. The van der Waals surface area contributed by atoms with Crippen molar-refractivity contribution < 1.29 is 13.9 Å². The van der Waals surface area contributed by atoms with E-state index in [9.17, 15) is 9.18 Å². The molecule has 0 N–H and O–H groups in total. The minimum absolute atomic E-state index is 0.0798. The normalized spacial score (nSPS) is 11.1. The van der Waals surface area contributed by atoms with Gasteiger partial charge in [0.15, 0.2) is 0 Å². The van der Waals surface area contributed by atoms with Crippen LogP contribution in [0.25, 0.3) is 27.3 Å². The zero-order valence-corrected chi connectivity index (χ0v) is 15.9. The van der Waals surface area contributed by atoms with Crippen LogP contribution in [0.4, 0.5) is 4.39 Å². The number of hydrogen-bond acceptors (Lipinski definition) is 5. The molecule has 0 aliphatic carbocycles. The minimum Gasteiger partial charge on any atom is -0.465 e. The second kappa shape index (κ2) is 6.75. The summed E-state index contributed by atoms with van der Waals surface area (Å²) in [5.41, 5.74) is 2.61. The van der Waals surface area contributed by atoms with Gasteiger partial charge < -0.3 is 4.74 Å². The van der Waals surface area contributed by atoms with E-state index in [2.05, 4.69) is 10.1 Å². The molecule has 0 fully saturated rings. The number of esters is 1. The zero-order valence-electron chi connectivity index (χ0n) is 14.4. The highest BCUT2D eigenvalue weighted by Gasteiger charge is 2.26. The monoisotopic (exact) mass is 401 g/mol. The van der Waals surface area contributed by atoms with Gasteiger partial charge in [-0.15, -0.1) is 11.3 Å². The average molecular weight is 402 g/mol. The van der Waals surface area contributed by atoms with Crippen molar-refractivity contribution in [1.82, 2.24) is 14.6 Å². The number of aromatic nitrogens is 3. The van der Waals surface area contributed by atoms with Gasteiger partial charge in [-0.3, -0.25) is 0 Å². The van der Waals surface area contributed by atoms with Crippen molar-refractivity contribution in [3.05, 3.63) is 64.0 Å². The van der Waals surface area contributed by atoms with Gasteiger partial charge in [-0.25, -0.2) is 18.7 Å². The third kappa shape index (κ3) is 2.89.